The number of nitrogens with one attached hydrogen (secondary N) is 1. The van der Waals surface area contributed by atoms with Crippen LogP contribution in [0.25, 0.3) is 6.08 Å². The maximum atomic E-state index is 3.57. The van der Waals surface area contributed by atoms with Crippen molar-refractivity contribution < 1.29 is 0 Å². The molecule has 0 aromatic heterocycles. The lowest BCUT2D eigenvalue weighted by molar-refractivity contribution is 1.08. The van der Waals surface area contributed by atoms with Gasteiger partial charge in [-0.3, -0.25) is 0 Å². The molecule has 1 N–H and O–H groups in total. The molecule has 0 atom stereocenters. The lowest BCUT2D eigenvalue weighted by atomic mass is 10.0. The molecule has 0 heterocycles. The summed E-state index contributed by atoms with van der Waals surface area (Å²) in [4.78, 5) is 0. The van der Waals surface area contributed by atoms with Gasteiger partial charge in [-0.1, -0.05) is 74.5 Å². The van der Waals surface area contributed by atoms with Gasteiger partial charge in [0.2, 0.25) is 0 Å². The van der Waals surface area contributed by atoms with E-state index in [4.69, 9.17) is 0 Å². The molecule has 1 heteroatoms. The third-order valence-corrected chi connectivity index (χ3v) is 3.51. The van der Waals surface area contributed by atoms with Crippen molar-refractivity contribution >= 4 is 11.8 Å². The maximum absolute atomic E-state index is 3.57. The molecular formula is C19H23N. The van der Waals surface area contributed by atoms with Crippen molar-refractivity contribution in [1.82, 2.24) is 0 Å². The van der Waals surface area contributed by atoms with Gasteiger partial charge < -0.3 is 5.32 Å². The van der Waals surface area contributed by atoms with Crippen LogP contribution in [-0.2, 0) is 12.8 Å². The highest BCUT2D eigenvalue weighted by atomic mass is 14.9. The molecule has 0 fully saturated rings. The molecule has 0 bridgehead atoms. The smallest absolute Gasteiger partial charge is 0.0407 e. The second-order valence-corrected chi connectivity index (χ2v) is 4.85. The molecule has 0 aliphatic carbocycles. The first kappa shape index (κ1) is 14.4. The van der Waals surface area contributed by atoms with Gasteiger partial charge in [0.15, 0.2) is 0 Å². The third-order valence-electron chi connectivity index (χ3n) is 3.51. The van der Waals surface area contributed by atoms with E-state index in [2.05, 4.69) is 73.8 Å². The number of anilines is 1. The topological polar surface area (TPSA) is 12.0 Å². The van der Waals surface area contributed by atoms with Crippen molar-refractivity contribution in [2.45, 2.75) is 26.7 Å². The average Bonchev–Trinajstić information content (AvgIpc) is 2.52. The van der Waals surface area contributed by atoms with Crippen molar-refractivity contribution in [2.24, 2.45) is 0 Å². The summed E-state index contributed by atoms with van der Waals surface area (Å²) >= 11 is 0. The van der Waals surface area contributed by atoms with Gasteiger partial charge in [0.25, 0.3) is 0 Å². The Morgan fingerprint density at radius 1 is 0.850 bits per heavy atom. The minimum absolute atomic E-state index is 0.860. The Bertz CT molecular complexity index is 533. The maximum Gasteiger partial charge on any atom is 0.0407 e. The molecule has 2 aromatic rings. The van der Waals surface area contributed by atoms with Gasteiger partial charge >= 0.3 is 0 Å². The van der Waals surface area contributed by atoms with Crippen LogP contribution in [0.2, 0.25) is 0 Å². The van der Waals surface area contributed by atoms with E-state index in [0.29, 0.717) is 0 Å². The number of hydrogen-bond donors (Lipinski definition) is 1. The molecule has 104 valence electrons. The molecule has 0 spiro atoms. The van der Waals surface area contributed by atoms with Crippen molar-refractivity contribution in [2.75, 3.05) is 11.9 Å². The number of hydrogen-bond acceptors (Lipinski definition) is 1. The molecule has 0 aliphatic rings. The van der Waals surface area contributed by atoms with Crippen LogP contribution in [0.1, 0.15) is 30.5 Å². The van der Waals surface area contributed by atoms with Gasteiger partial charge in [0.1, 0.15) is 0 Å². The monoisotopic (exact) mass is 265 g/mol. The molecule has 0 saturated heterocycles. The van der Waals surface area contributed by atoms with E-state index in [1.807, 2.05) is 6.07 Å². The van der Waals surface area contributed by atoms with Gasteiger partial charge in [0, 0.05) is 12.2 Å². The summed E-state index contributed by atoms with van der Waals surface area (Å²) in [5.74, 6) is 0. The van der Waals surface area contributed by atoms with Crippen molar-refractivity contribution in [3.63, 3.8) is 0 Å². The molecular weight excluding hydrogens is 242 g/mol. The summed E-state index contributed by atoms with van der Waals surface area (Å²) < 4.78 is 0. The van der Waals surface area contributed by atoms with E-state index < -0.39 is 0 Å². The predicted molar refractivity (Wildman–Crippen MR) is 89.2 cm³/mol. The number of aryl methyl sites for hydroxylation is 2. The zero-order chi connectivity index (χ0) is 14.2. The lowest BCUT2D eigenvalue weighted by Gasteiger charge is -2.14. The molecule has 20 heavy (non-hydrogen) atoms. The Labute approximate surface area is 122 Å². The molecule has 0 radical (unpaired) electrons. The molecule has 0 aliphatic heterocycles. The summed E-state index contributed by atoms with van der Waals surface area (Å²) in [6.07, 6.45) is 6.48. The Hall–Kier alpha value is -2.02. The SMILES string of the molecule is CCc1cccc(CC)c1NCC=Cc1ccccc1. The molecule has 0 unspecified atom stereocenters. The van der Waals surface area contributed by atoms with Gasteiger partial charge in [-0.2, -0.15) is 0 Å². The average molecular weight is 265 g/mol. The van der Waals surface area contributed by atoms with Crippen molar-refractivity contribution in [1.29, 1.82) is 0 Å². The van der Waals surface area contributed by atoms with Crippen LogP contribution >= 0.6 is 0 Å². The van der Waals surface area contributed by atoms with Gasteiger partial charge in [0.05, 0.1) is 0 Å². The molecule has 0 amide bonds. The summed E-state index contributed by atoms with van der Waals surface area (Å²) in [6.45, 7) is 5.28. The van der Waals surface area contributed by atoms with Crippen molar-refractivity contribution in [3.05, 3.63) is 71.3 Å². The summed E-state index contributed by atoms with van der Waals surface area (Å²) in [5.41, 5.74) is 5.36. The first-order valence-electron chi connectivity index (χ1n) is 7.41. The Kier molecular flexibility index (Phi) is 5.43. The second-order valence-electron chi connectivity index (χ2n) is 4.85. The summed E-state index contributed by atoms with van der Waals surface area (Å²) in [7, 11) is 0. The Morgan fingerprint density at radius 3 is 2.10 bits per heavy atom. The quantitative estimate of drug-likeness (QED) is 0.780. The van der Waals surface area contributed by atoms with Gasteiger partial charge in [-0.25, -0.2) is 0 Å². The lowest BCUT2D eigenvalue weighted by Crippen LogP contribution is -2.04. The normalized spacial score (nSPS) is 10.9. The number of rotatable bonds is 6. The highest BCUT2D eigenvalue weighted by Gasteiger charge is 2.04. The fourth-order valence-corrected chi connectivity index (χ4v) is 2.39. The van der Waals surface area contributed by atoms with E-state index >= 15 is 0 Å². The molecule has 0 saturated carbocycles. The van der Waals surface area contributed by atoms with Crippen LogP contribution < -0.4 is 5.32 Å². The largest absolute Gasteiger partial charge is 0.381 e. The predicted octanol–water partition coefficient (Wildman–Crippen LogP) is 4.94. The van der Waals surface area contributed by atoms with Crippen LogP contribution in [0.5, 0.6) is 0 Å². The summed E-state index contributed by atoms with van der Waals surface area (Å²) in [6, 6.07) is 17.0. The Morgan fingerprint density at radius 2 is 1.50 bits per heavy atom. The fraction of sp³-hybridized carbons (Fsp3) is 0.263. The van der Waals surface area contributed by atoms with Crippen LogP contribution in [0.15, 0.2) is 54.6 Å². The van der Waals surface area contributed by atoms with E-state index in [1.165, 1.54) is 22.4 Å². The first-order chi connectivity index (χ1) is 9.85. The minimum Gasteiger partial charge on any atom is -0.381 e. The standard InChI is InChI=1S/C19H23N/c1-3-17-13-8-14-18(4-2)19(17)20-15-9-12-16-10-6-5-7-11-16/h5-14,20H,3-4,15H2,1-2H3. The highest BCUT2D eigenvalue weighted by Crippen LogP contribution is 2.22. The zero-order valence-corrected chi connectivity index (χ0v) is 12.4. The number of benzene rings is 2. The molecule has 2 aromatic carbocycles. The van der Waals surface area contributed by atoms with E-state index in [1.54, 1.807) is 0 Å². The van der Waals surface area contributed by atoms with Crippen LogP contribution in [0, 0.1) is 0 Å². The first-order valence-corrected chi connectivity index (χ1v) is 7.41. The van der Waals surface area contributed by atoms with Crippen LogP contribution in [-0.4, -0.2) is 6.54 Å². The van der Waals surface area contributed by atoms with Crippen LogP contribution in [0.3, 0.4) is 0 Å². The second kappa shape index (κ2) is 7.54. The highest BCUT2D eigenvalue weighted by molar-refractivity contribution is 5.59. The van der Waals surface area contributed by atoms with E-state index in [9.17, 15) is 0 Å². The molecule has 1 nitrogen and oxygen atoms in total. The third kappa shape index (κ3) is 3.74. The van der Waals surface area contributed by atoms with E-state index in [-0.39, 0.29) is 0 Å². The fourth-order valence-electron chi connectivity index (χ4n) is 2.39. The van der Waals surface area contributed by atoms with Crippen molar-refractivity contribution in [3.8, 4) is 0 Å². The van der Waals surface area contributed by atoms with Crippen LogP contribution in [0.4, 0.5) is 5.69 Å². The minimum atomic E-state index is 0.860. The molecule has 2 rings (SSSR count). The van der Waals surface area contributed by atoms with E-state index in [0.717, 1.165) is 19.4 Å². The van der Waals surface area contributed by atoms with Gasteiger partial charge in [-0.15, -0.1) is 0 Å². The number of para-hydroxylation sites is 1. The Balaban J connectivity index is 2.02. The van der Waals surface area contributed by atoms with Gasteiger partial charge in [-0.05, 0) is 29.5 Å². The zero-order valence-electron chi connectivity index (χ0n) is 12.4. The summed E-state index contributed by atoms with van der Waals surface area (Å²) in [5, 5.41) is 3.57.